The normalized spacial score (nSPS) is 14.1. The van der Waals surface area contributed by atoms with E-state index in [1.165, 1.54) is 60.3 Å². The monoisotopic (exact) mass is 339 g/mol. The van der Waals surface area contributed by atoms with Crippen LogP contribution in [0, 0.1) is 0 Å². The molecule has 1 fully saturated rings. The topological polar surface area (TPSA) is 3.24 Å². The van der Waals surface area contributed by atoms with E-state index in [1.807, 2.05) is 0 Å². The van der Waals surface area contributed by atoms with Crippen LogP contribution < -0.4 is 4.90 Å². The van der Waals surface area contributed by atoms with Gasteiger partial charge >= 0.3 is 0 Å². The van der Waals surface area contributed by atoms with Crippen LogP contribution in [0.1, 0.15) is 36.0 Å². The second kappa shape index (κ2) is 8.05. The SMILES string of the molecule is C(=C(c1ccccc1)c1ccccc1)c1ccc(N2CCCCC2)cc1. The van der Waals surface area contributed by atoms with Gasteiger partial charge in [-0.25, -0.2) is 0 Å². The fraction of sp³-hybridized carbons (Fsp3) is 0.200. The quantitative estimate of drug-likeness (QED) is 0.507. The minimum Gasteiger partial charge on any atom is -0.372 e. The van der Waals surface area contributed by atoms with E-state index in [2.05, 4.69) is 95.9 Å². The summed E-state index contributed by atoms with van der Waals surface area (Å²) < 4.78 is 0. The molecule has 0 unspecified atom stereocenters. The van der Waals surface area contributed by atoms with Crippen molar-refractivity contribution in [2.75, 3.05) is 18.0 Å². The summed E-state index contributed by atoms with van der Waals surface area (Å²) in [7, 11) is 0. The smallest absolute Gasteiger partial charge is 0.0366 e. The maximum Gasteiger partial charge on any atom is 0.0366 e. The average molecular weight is 339 g/mol. The summed E-state index contributed by atoms with van der Waals surface area (Å²) in [6, 6.07) is 30.3. The highest BCUT2D eigenvalue weighted by Gasteiger charge is 2.10. The van der Waals surface area contributed by atoms with Gasteiger partial charge in [0.25, 0.3) is 0 Å². The summed E-state index contributed by atoms with van der Waals surface area (Å²) in [5.41, 5.74) is 6.35. The Morgan fingerprint density at radius 1 is 0.615 bits per heavy atom. The number of piperidine rings is 1. The molecule has 0 amide bonds. The summed E-state index contributed by atoms with van der Waals surface area (Å²) in [4.78, 5) is 2.51. The van der Waals surface area contributed by atoms with E-state index in [9.17, 15) is 0 Å². The van der Waals surface area contributed by atoms with Crippen molar-refractivity contribution >= 4 is 17.3 Å². The van der Waals surface area contributed by atoms with Gasteiger partial charge in [0.1, 0.15) is 0 Å². The molecule has 4 rings (SSSR count). The van der Waals surface area contributed by atoms with Crippen molar-refractivity contribution in [3.05, 3.63) is 102 Å². The summed E-state index contributed by atoms with van der Waals surface area (Å²) >= 11 is 0. The molecule has 0 atom stereocenters. The minimum atomic E-state index is 1.19. The number of benzene rings is 3. The third-order valence-electron chi connectivity index (χ3n) is 5.09. The predicted octanol–water partition coefficient (Wildman–Crippen LogP) is 6.27. The van der Waals surface area contributed by atoms with Gasteiger partial charge in [0.15, 0.2) is 0 Å². The van der Waals surface area contributed by atoms with Crippen molar-refractivity contribution in [1.29, 1.82) is 0 Å². The van der Waals surface area contributed by atoms with Gasteiger partial charge in [-0.3, -0.25) is 0 Å². The molecule has 1 saturated heterocycles. The molecule has 26 heavy (non-hydrogen) atoms. The van der Waals surface area contributed by atoms with Crippen LogP contribution in [0.25, 0.3) is 11.6 Å². The molecule has 130 valence electrons. The molecule has 0 aromatic heterocycles. The zero-order valence-electron chi connectivity index (χ0n) is 15.1. The molecule has 0 bridgehead atoms. The van der Waals surface area contributed by atoms with Crippen molar-refractivity contribution in [3.8, 4) is 0 Å². The summed E-state index contributed by atoms with van der Waals surface area (Å²) in [6.07, 6.45) is 6.29. The third kappa shape index (κ3) is 3.88. The van der Waals surface area contributed by atoms with E-state index in [0.29, 0.717) is 0 Å². The highest BCUT2D eigenvalue weighted by molar-refractivity contribution is 5.91. The molecule has 1 aliphatic heterocycles. The van der Waals surface area contributed by atoms with Crippen LogP contribution in [0.5, 0.6) is 0 Å². The second-order valence-electron chi connectivity index (χ2n) is 6.93. The Kier molecular flexibility index (Phi) is 5.16. The molecule has 3 aromatic rings. The van der Waals surface area contributed by atoms with E-state index in [1.54, 1.807) is 0 Å². The molecule has 0 radical (unpaired) electrons. The van der Waals surface area contributed by atoms with Crippen LogP contribution >= 0.6 is 0 Å². The van der Waals surface area contributed by atoms with Gasteiger partial charge in [-0.2, -0.15) is 0 Å². The number of nitrogens with zero attached hydrogens (tertiary/aromatic N) is 1. The van der Waals surface area contributed by atoms with Crippen LogP contribution in [0.4, 0.5) is 5.69 Å². The van der Waals surface area contributed by atoms with Gasteiger partial charge < -0.3 is 4.90 Å². The Morgan fingerprint density at radius 2 is 1.15 bits per heavy atom. The fourth-order valence-corrected chi connectivity index (χ4v) is 3.67. The summed E-state index contributed by atoms with van der Waals surface area (Å²) in [5.74, 6) is 0. The average Bonchev–Trinajstić information content (AvgIpc) is 2.74. The molecule has 0 spiro atoms. The Morgan fingerprint density at radius 3 is 1.69 bits per heavy atom. The molecular weight excluding hydrogens is 314 g/mol. The van der Waals surface area contributed by atoms with Crippen molar-refractivity contribution in [3.63, 3.8) is 0 Å². The summed E-state index contributed by atoms with van der Waals surface area (Å²) in [5, 5.41) is 0. The van der Waals surface area contributed by atoms with Crippen molar-refractivity contribution in [1.82, 2.24) is 0 Å². The minimum absolute atomic E-state index is 1.19. The Balaban J connectivity index is 1.66. The first kappa shape index (κ1) is 16.7. The van der Waals surface area contributed by atoms with Gasteiger partial charge in [-0.15, -0.1) is 0 Å². The Hall–Kier alpha value is -2.80. The first-order valence-corrected chi connectivity index (χ1v) is 9.58. The van der Waals surface area contributed by atoms with Gasteiger partial charge in [-0.05, 0) is 59.7 Å². The zero-order chi connectivity index (χ0) is 17.6. The third-order valence-corrected chi connectivity index (χ3v) is 5.09. The molecule has 3 aromatic carbocycles. The second-order valence-corrected chi connectivity index (χ2v) is 6.93. The molecule has 0 N–H and O–H groups in total. The molecule has 1 aliphatic rings. The van der Waals surface area contributed by atoms with Crippen molar-refractivity contribution in [2.45, 2.75) is 19.3 Å². The predicted molar refractivity (Wildman–Crippen MR) is 112 cm³/mol. The Labute approximate surface area is 156 Å². The Bertz CT molecular complexity index is 800. The molecule has 0 aliphatic carbocycles. The molecule has 1 heteroatoms. The number of hydrogen-bond donors (Lipinski definition) is 0. The van der Waals surface area contributed by atoms with E-state index in [-0.39, 0.29) is 0 Å². The molecular formula is C25H25N. The number of anilines is 1. The lowest BCUT2D eigenvalue weighted by molar-refractivity contribution is 0.578. The largest absolute Gasteiger partial charge is 0.372 e. The van der Waals surface area contributed by atoms with Crippen LogP contribution in [0.15, 0.2) is 84.9 Å². The van der Waals surface area contributed by atoms with Crippen LogP contribution in [-0.4, -0.2) is 13.1 Å². The highest BCUT2D eigenvalue weighted by atomic mass is 15.1. The van der Waals surface area contributed by atoms with Crippen LogP contribution in [0.2, 0.25) is 0 Å². The van der Waals surface area contributed by atoms with Gasteiger partial charge in [0.05, 0.1) is 0 Å². The lowest BCUT2D eigenvalue weighted by Crippen LogP contribution is -2.29. The number of hydrogen-bond acceptors (Lipinski definition) is 1. The first-order chi connectivity index (χ1) is 12.9. The standard InChI is InChI=1S/C25H25N/c1-4-10-22(11-5-1)25(23-12-6-2-7-13-23)20-21-14-16-24(17-15-21)26-18-8-3-9-19-26/h1-2,4-7,10-17,20H,3,8-9,18-19H2. The number of rotatable bonds is 4. The first-order valence-electron chi connectivity index (χ1n) is 9.58. The van der Waals surface area contributed by atoms with E-state index < -0.39 is 0 Å². The molecule has 1 nitrogen and oxygen atoms in total. The highest BCUT2D eigenvalue weighted by Crippen LogP contribution is 2.27. The van der Waals surface area contributed by atoms with Crippen molar-refractivity contribution < 1.29 is 0 Å². The van der Waals surface area contributed by atoms with E-state index >= 15 is 0 Å². The lowest BCUT2D eigenvalue weighted by Gasteiger charge is -2.28. The molecule has 1 heterocycles. The fourth-order valence-electron chi connectivity index (χ4n) is 3.67. The maximum atomic E-state index is 2.51. The van der Waals surface area contributed by atoms with Crippen LogP contribution in [0.3, 0.4) is 0 Å². The van der Waals surface area contributed by atoms with Crippen molar-refractivity contribution in [2.24, 2.45) is 0 Å². The molecule has 0 saturated carbocycles. The zero-order valence-corrected chi connectivity index (χ0v) is 15.1. The van der Waals surface area contributed by atoms with Crippen LogP contribution in [-0.2, 0) is 0 Å². The van der Waals surface area contributed by atoms with Gasteiger partial charge in [-0.1, -0.05) is 72.8 Å². The van der Waals surface area contributed by atoms with E-state index in [4.69, 9.17) is 0 Å². The maximum absolute atomic E-state index is 2.51. The van der Waals surface area contributed by atoms with Gasteiger partial charge in [0, 0.05) is 18.8 Å². The van der Waals surface area contributed by atoms with Gasteiger partial charge in [0.2, 0.25) is 0 Å². The van der Waals surface area contributed by atoms with E-state index in [0.717, 1.165) is 0 Å². The summed E-state index contributed by atoms with van der Waals surface area (Å²) in [6.45, 7) is 2.38. The lowest BCUT2D eigenvalue weighted by atomic mass is 9.95.